The molecular formula is C27H31NO4. The summed E-state index contributed by atoms with van der Waals surface area (Å²) >= 11 is 0. The Bertz CT molecular complexity index is 1130. The number of anilines is 1. The molecule has 0 radical (unpaired) electrons. The molecule has 1 amide bonds. The van der Waals surface area contributed by atoms with Crippen molar-refractivity contribution in [2.24, 2.45) is 5.41 Å². The number of nitrogens with zero attached hydrogens (tertiary/aromatic N) is 1. The lowest BCUT2D eigenvalue weighted by molar-refractivity contribution is -0.121. The Balaban J connectivity index is 1.94. The summed E-state index contributed by atoms with van der Waals surface area (Å²) in [5.41, 5.74) is 5.27. The maximum atomic E-state index is 13.7. The lowest BCUT2D eigenvalue weighted by Crippen LogP contribution is -2.44. The van der Waals surface area contributed by atoms with Crippen LogP contribution in [0.15, 0.2) is 47.7 Å². The van der Waals surface area contributed by atoms with Crippen molar-refractivity contribution in [3.8, 4) is 11.5 Å². The number of rotatable bonds is 4. The highest BCUT2D eigenvalue weighted by atomic mass is 16.5. The van der Waals surface area contributed by atoms with E-state index in [1.54, 1.807) is 14.2 Å². The van der Waals surface area contributed by atoms with Gasteiger partial charge in [0.15, 0.2) is 5.78 Å². The SMILES string of the molecule is COc1ccc(C2CC(=O)N(c3cccc(C)c3C)C3=C2C(=O)CC(C)(C)C3)c(OC)c1. The number of allylic oxidation sites excluding steroid dienone is 2. The van der Waals surface area contributed by atoms with Gasteiger partial charge in [0.1, 0.15) is 11.5 Å². The van der Waals surface area contributed by atoms with Gasteiger partial charge in [-0.2, -0.15) is 0 Å². The molecule has 0 saturated carbocycles. The van der Waals surface area contributed by atoms with E-state index < -0.39 is 0 Å². The van der Waals surface area contributed by atoms with Crippen molar-refractivity contribution < 1.29 is 19.1 Å². The van der Waals surface area contributed by atoms with Crippen LogP contribution in [-0.2, 0) is 9.59 Å². The zero-order valence-corrected chi connectivity index (χ0v) is 19.7. The molecule has 0 N–H and O–H groups in total. The third-order valence-corrected chi connectivity index (χ3v) is 6.78. The van der Waals surface area contributed by atoms with E-state index in [4.69, 9.17) is 9.47 Å². The van der Waals surface area contributed by atoms with E-state index in [9.17, 15) is 9.59 Å². The van der Waals surface area contributed by atoms with Gasteiger partial charge in [0.25, 0.3) is 0 Å². The predicted octanol–water partition coefficient (Wildman–Crippen LogP) is 5.48. The molecule has 1 unspecified atom stereocenters. The third-order valence-electron chi connectivity index (χ3n) is 6.78. The molecule has 2 aliphatic rings. The van der Waals surface area contributed by atoms with E-state index >= 15 is 0 Å². The summed E-state index contributed by atoms with van der Waals surface area (Å²) in [6.07, 6.45) is 1.36. The molecule has 0 aromatic heterocycles. The Morgan fingerprint density at radius 3 is 2.44 bits per heavy atom. The number of ketones is 1. The molecule has 32 heavy (non-hydrogen) atoms. The van der Waals surface area contributed by atoms with Crippen LogP contribution in [0.25, 0.3) is 0 Å². The largest absolute Gasteiger partial charge is 0.497 e. The van der Waals surface area contributed by atoms with Crippen LogP contribution in [0.4, 0.5) is 5.69 Å². The fourth-order valence-corrected chi connectivity index (χ4v) is 5.04. The fourth-order valence-electron chi connectivity index (χ4n) is 5.04. The van der Waals surface area contributed by atoms with Crippen molar-refractivity contribution in [3.05, 3.63) is 64.4 Å². The molecular weight excluding hydrogens is 402 g/mol. The molecule has 0 spiro atoms. The molecule has 2 aromatic rings. The lowest BCUT2D eigenvalue weighted by Gasteiger charge is -2.43. The van der Waals surface area contributed by atoms with Crippen LogP contribution in [0, 0.1) is 19.3 Å². The first-order chi connectivity index (χ1) is 15.2. The highest BCUT2D eigenvalue weighted by Gasteiger charge is 2.45. The average Bonchev–Trinajstić information content (AvgIpc) is 2.74. The second-order valence-corrected chi connectivity index (χ2v) is 9.61. The second-order valence-electron chi connectivity index (χ2n) is 9.61. The predicted molar refractivity (Wildman–Crippen MR) is 125 cm³/mol. The first-order valence-electron chi connectivity index (χ1n) is 11.0. The number of amides is 1. The van der Waals surface area contributed by atoms with Crippen molar-refractivity contribution >= 4 is 17.4 Å². The van der Waals surface area contributed by atoms with Crippen molar-refractivity contribution in [1.29, 1.82) is 0 Å². The molecule has 1 heterocycles. The van der Waals surface area contributed by atoms with Crippen LogP contribution >= 0.6 is 0 Å². The summed E-state index contributed by atoms with van der Waals surface area (Å²) in [5.74, 6) is 1.10. The van der Waals surface area contributed by atoms with Crippen LogP contribution in [0.3, 0.4) is 0 Å². The molecule has 1 atom stereocenters. The van der Waals surface area contributed by atoms with Crippen LogP contribution in [0.1, 0.15) is 55.7 Å². The molecule has 0 bridgehead atoms. The summed E-state index contributed by atoms with van der Waals surface area (Å²) in [6.45, 7) is 8.27. The molecule has 4 rings (SSSR count). The van der Waals surface area contributed by atoms with Gasteiger partial charge in [-0.15, -0.1) is 0 Å². The van der Waals surface area contributed by atoms with E-state index in [-0.39, 0.29) is 29.4 Å². The number of hydrogen-bond acceptors (Lipinski definition) is 4. The first kappa shape index (κ1) is 22.1. The van der Waals surface area contributed by atoms with Gasteiger partial charge in [-0.25, -0.2) is 0 Å². The Morgan fingerprint density at radius 1 is 1.00 bits per heavy atom. The topological polar surface area (TPSA) is 55.8 Å². The Kier molecular flexibility index (Phi) is 5.61. The first-order valence-corrected chi connectivity index (χ1v) is 11.0. The minimum absolute atomic E-state index is 0.00539. The van der Waals surface area contributed by atoms with Gasteiger partial charge in [-0.3, -0.25) is 14.5 Å². The van der Waals surface area contributed by atoms with Gasteiger partial charge in [0.05, 0.1) is 19.9 Å². The summed E-state index contributed by atoms with van der Waals surface area (Å²) in [6, 6.07) is 11.6. The number of aryl methyl sites for hydroxylation is 1. The zero-order valence-electron chi connectivity index (χ0n) is 19.7. The standard InChI is InChI=1S/C27H31NO4/c1-16-8-7-9-21(17(16)2)28-22-14-27(3,4)15-23(29)26(22)20(13-25(28)30)19-11-10-18(31-5)12-24(19)32-6/h7-12,20H,13-15H2,1-6H3. The van der Waals surface area contributed by atoms with E-state index in [1.807, 2.05) is 55.1 Å². The maximum Gasteiger partial charge on any atom is 0.232 e. The minimum Gasteiger partial charge on any atom is -0.497 e. The number of ether oxygens (including phenoxy) is 2. The Morgan fingerprint density at radius 2 is 1.75 bits per heavy atom. The van der Waals surface area contributed by atoms with Gasteiger partial charge >= 0.3 is 0 Å². The summed E-state index contributed by atoms with van der Waals surface area (Å²) < 4.78 is 11.0. The second kappa shape index (κ2) is 8.12. The summed E-state index contributed by atoms with van der Waals surface area (Å²) in [5, 5.41) is 0. The fraction of sp³-hybridized carbons (Fsp3) is 0.407. The monoisotopic (exact) mass is 433 g/mol. The maximum absolute atomic E-state index is 13.7. The molecule has 2 aromatic carbocycles. The Hall–Kier alpha value is -3.08. The average molecular weight is 434 g/mol. The van der Waals surface area contributed by atoms with Crippen molar-refractivity contribution in [3.63, 3.8) is 0 Å². The molecule has 0 saturated heterocycles. The van der Waals surface area contributed by atoms with Gasteiger partial charge in [-0.05, 0) is 48.9 Å². The molecule has 5 nitrogen and oxygen atoms in total. The molecule has 0 fully saturated rings. The van der Waals surface area contributed by atoms with E-state index in [1.165, 1.54) is 0 Å². The van der Waals surface area contributed by atoms with E-state index in [0.29, 0.717) is 24.3 Å². The third kappa shape index (κ3) is 3.70. The molecule has 5 heteroatoms. The number of carbonyl (C=O) groups excluding carboxylic acids is 2. The summed E-state index contributed by atoms with van der Waals surface area (Å²) in [4.78, 5) is 29.0. The van der Waals surface area contributed by atoms with Gasteiger partial charge in [0, 0.05) is 41.7 Å². The quantitative estimate of drug-likeness (QED) is 0.640. The van der Waals surface area contributed by atoms with Crippen molar-refractivity contribution in [1.82, 2.24) is 0 Å². The van der Waals surface area contributed by atoms with Gasteiger partial charge in [-0.1, -0.05) is 32.0 Å². The smallest absolute Gasteiger partial charge is 0.232 e. The highest BCUT2D eigenvalue weighted by molar-refractivity contribution is 6.08. The van der Waals surface area contributed by atoms with E-state index in [2.05, 4.69) is 13.8 Å². The molecule has 168 valence electrons. The lowest BCUT2D eigenvalue weighted by atomic mass is 9.69. The number of hydrogen-bond donors (Lipinski definition) is 0. The van der Waals surface area contributed by atoms with E-state index in [0.717, 1.165) is 33.6 Å². The zero-order chi connectivity index (χ0) is 23.2. The van der Waals surface area contributed by atoms with Crippen LogP contribution < -0.4 is 14.4 Å². The van der Waals surface area contributed by atoms with Crippen LogP contribution in [0.2, 0.25) is 0 Å². The normalized spacial score (nSPS) is 20.3. The minimum atomic E-state index is -0.330. The molecule has 1 aliphatic carbocycles. The number of Topliss-reactive ketones (excluding diaryl/α,β-unsaturated/α-hetero) is 1. The molecule has 1 aliphatic heterocycles. The van der Waals surface area contributed by atoms with Crippen LogP contribution in [-0.4, -0.2) is 25.9 Å². The van der Waals surface area contributed by atoms with Crippen molar-refractivity contribution in [2.45, 2.75) is 52.9 Å². The number of benzene rings is 2. The van der Waals surface area contributed by atoms with Crippen molar-refractivity contribution in [2.75, 3.05) is 19.1 Å². The Labute approximate surface area is 190 Å². The highest BCUT2D eigenvalue weighted by Crippen LogP contribution is 2.50. The van der Waals surface area contributed by atoms with Gasteiger partial charge < -0.3 is 9.47 Å². The van der Waals surface area contributed by atoms with Crippen LogP contribution in [0.5, 0.6) is 11.5 Å². The number of methoxy groups -OCH3 is 2. The summed E-state index contributed by atoms with van der Waals surface area (Å²) in [7, 11) is 3.21. The van der Waals surface area contributed by atoms with Gasteiger partial charge in [0.2, 0.25) is 5.91 Å². The number of carbonyl (C=O) groups is 2.